The van der Waals surface area contributed by atoms with Crippen molar-refractivity contribution >= 4 is 46.6 Å². The van der Waals surface area contributed by atoms with Crippen molar-refractivity contribution in [3.05, 3.63) is 81.8 Å². The standard InChI is InChI=1S/C19H17Cl3N2S/c20-15-3-1-14(2-4-15)11-17(7-9-24-10-8-23-13-24)25-19-6-5-16(21)12-18(19)22/h1-6,8,10,12-13,17H,7,9,11H2. The molecule has 1 unspecified atom stereocenters. The fourth-order valence-corrected chi connectivity index (χ4v) is 4.39. The first-order valence-corrected chi connectivity index (χ1v) is 9.93. The molecule has 0 saturated carbocycles. The average molecular weight is 412 g/mol. The Kier molecular flexibility index (Phi) is 6.71. The van der Waals surface area contributed by atoms with E-state index in [4.69, 9.17) is 34.8 Å². The number of hydrogen-bond acceptors (Lipinski definition) is 2. The minimum absolute atomic E-state index is 0.377. The molecule has 0 saturated heterocycles. The lowest BCUT2D eigenvalue weighted by molar-refractivity contribution is 0.619. The SMILES string of the molecule is Clc1ccc(CC(CCn2ccnc2)Sc2ccc(Cl)cc2Cl)cc1. The lowest BCUT2D eigenvalue weighted by Gasteiger charge is -2.18. The third kappa shape index (κ3) is 5.68. The van der Waals surface area contributed by atoms with E-state index in [0.717, 1.165) is 29.3 Å². The van der Waals surface area contributed by atoms with Crippen molar-refractivity contribution in [2.75, 3.05) is 0 Å². The zero-order chi connectivity index (χ0) is 17.6. The van der Waals surface area contributed by atoms with E-state index in [2.05, 4.69) is 21.7 Å². The maximum absolute atomic E-state index is 6.36. The number of imidazole rings is 1. The highest BCUT2D eigenvalue weighted by Crippen LogP contribution is 2.35. The van der Waals surface area contributed by atoms with Crippen LogP contribution in [0.3, 0.4) is 0 Å². The number of aryl methyl sites for hydroxylation is 1. The molecule has 2 nitrogen and oxygen atoms in total. The summed E-state index contributed by atoms with van der Waals surface area (Å²) < 4.78 is 2.10. The van der Waals surface area contributed by atoms with E-state index >= 15 is 0 Å². The summed E-state index contributed by atoms with van der Waals surface area (Å²) in [6, 6.07) is 13.7. The molecule has 0 aliphatic heterocycles. The summed E-state index contributed by atoms with van der Waals surface area (Å²) in [5.41, 5.74) is 1.26. The van der Waals surface area contributed by atoms with Gasteiger partial charge in [0, 0.05) is 39.1 Å². The van der Waals surface area contributed by atoms with E-state index in [0.29, 0.717) is 15.3 Å². The minimum atomic E-state index is 0.377. The molecule has 0 aliphatic rings. The second-order valence-corrected chi connectivity index (χ2v) is 8.36. The van der Waals surface area contributed by atoms with E-state index in [1.54, 1.807) is 24.0 Å². The van der Waals surface area contributed by atoms with Crippen molar-refractivity contribution < 1.29 is 0 Å². The van der Waals surface area contributed by atoms with E-state index in [9.17, 15) is 0 Å². The predicted octanol–water partition coefficient (Wildman–Crippen LogP) is 6.64. The molecule has 0 aliphatic carbocycles. The minimum Gasteiger partial charge on any atom is -0.337 e. The van der Waals surface area contributed by atoms with Gasteiger partial charge < -0.3 is 4.57 Å². The van der Waals surface area contributed by atoms with Gasteiger partial charge in [-0.2, -0.15) is 0 Å². The Morgan fingerprint density at radius 1 is 1.00 bits per heavy atom. The molecule has 0 bridgehead atoms. The average Bonchev–Trinajstić information content (AvgIpc) is 3.10. The number of benzene rings is 2. The quantitative estimate of drug-likeness (QED) is 0.406. The van der Waals surface area contributed by atoms with Crippen LogP contribution in [-0.2, 0) is 13.0 Å². The number of aromatic nitrogens is 2. The highest BCUT2D eigenvalue weighted by molar-refractivity contribution is 8.00. The van der Waals surface area contributed by atoms with E-state index in [-0.39, 0.29) is 0 Å². The van der Waals surface area contributed by atoms with Crippen molar-refractivity contribution in [3.63, 3.8) is 0 Å². The highest BCUT2D eigenvalue weighted by Gasteiger charge is 2.14. The molecule has 0 radical (unpaired) electrons. The summed E-state index contributed by atoms with van der Waals surface area (Å²) in [6.45, 7) is 0.913. The monoisotopic (exact) mass is 410 g/mol. The molecule has 3 rings (SSSR count). The molecule has 1 aromatic heterocycles. The summed E-state index contributed by atoms with van der Waals surface area (Å²) in [5, 5.41) is 2.48. The molecule has 25 heavy (non-hydrogen) atoms. The fourth-order valence-electron chi connectivity index (χ4n) is 2.55. The van der Waals surface area contributed by atoms with Crippen molar-refractivity contribution in [2.24, 2.45) is 0 Å². The third-order valence-corrected chi connectivity index (χ3v) is 6.09. The maximum Gasteiger partial charge on any atom is 0.0945 e. The molecular formula is C19H17Cl3N2S. The van der Waals surface area contributed by atoms with Crippen LogP contribution in [0, 0.1) is 0 Å². The first kappa shape index (κ1) is 18.7. The topological polar surface area (TPSA) is 17.8 Å². The molecule has 0 fully saturated rings. The van der Waals surface area contributed by atoms with E-state index in [1.165, 1.54) is 5.56 Å². The molecule has 1 heterocycles. The molecule has 0 amide bonds. The Hall–Kier alpha value is -1.13. The van der Waals surface area contributed by atoms with Gasteiger partial charge in [0.25, 0.3) is 0 Å². The van der Waals surface area contributed by atoms with Gasteiger partial charge in [0.15, 0.2) is 0 Å². The number of halogens is 3. The van der Waals surface area contributed by atoms with Crippen LogP contribution in [0.5, 0.6) is 0 Å². The van der Waals surface area contributed by atoms with Crippen molar-refractivity contribution in [1.82, 2.24) is 9.55 Å². The third-order valence-electron chi connectivity index (χ3n) is 3.83. The predicted molar refractivity (Wildman–Crippen MR) is 108 cm³/mol. The number of rotatable bonds is 7. The van der Waals surface area contributed by atoms with Gasteiger partial charge in [0.05, 0.1) is 11.3 Å². The normalized spacial score (nSPS) is 12.3. The summed E-state index contributed by atoms with van der Waals surface area (Å²) in [5.74, 6) is 0. The molecule has 0 spiro atoms. The first-order chi connectivity index (χ1) is 12.1. The fraction of sp³-hybridized carbons (Fsp3) is 0.211. The second kappa shape index (κ2) is 9.00. The van der Waals surface area contributed by atoms with Gasteiger partial charge in [0.1, 0.15) is 0 Å². The van der Waals surface area contributed by atoms with Gasteiger partial charge in [0.2, 0.25) is 0 Å². The number of thioether (sulfide) groups is 1. The van der Waals surface area contributed by atoms with Crippen LogP contribution < -0.4 is 0 Å². The number of nitrogens with zero attached hydrogens (tertiary/aromatic N) is 2. The molecule has 3 aromatic rings. The van der Waals surface area contributed by atoms with Gasteiger partial charge in [-0.15, -0.1) is 11.8 Å². The van der Waals surface area contributed by atoms with E-state index < -0.39 is 0 Å². The summed E-state index contributed by atoms with van der Waals surface area (Å²) in [6.07, 6.45) is 7.58. The molecule has 130 valence electrons. The van der Waals surface area contributed by atoms with Crippen LogP contribution >= 0.6 is 46.6 Å². The van der Waals surface area contributed by atoms with Crippen molar-refractivity contribution in [2.45, 2.75) is 29.5 Å². The van der Waals surface area contributed by atoms with Crippen LogP contribution in [0.2, 0.25) is 15.1 Å². The second-order valence-electron chi connectivity index (χ2n) is 5.73. The van der Waals surface area contributed by atoms with Crippen LogP contribution in [0.15, 0.2) is 66.1 Å². The van der Waals surface area contributed by atoms with Gasteiger partial charge in [-0.1, -0.05) is 46.9 Å². The number of hydrogen-bond donors (Lipinski definition) is 0. The Morgan fingerprint density at radius 3 is 2.44 bits per heavy atom. The summed E-state index contributed by atoms with van der Waals surface area (Å²) in [4.78, 5) is 5.16. The summed E-state index contributed by atoms with van der Waals surface area (Å²) in [7, 11) is 0. The van der Waals surface area contributed by atoms with E-state index in [1.807, 2.05) is 36.8 Å². The van der Waals surface area contributed by atoms with Gasteiger partial charge in [-0.05, 0) is 48.7 Å². The molecule has 2 aromatic carbocycles. The highest BCUT2D eigenvalue weighted by atomic mass is 35.5. The lowest BCUT2D eigenvalue weighted by Crippen LogP contribution is -2.11. The maximum atomic E-state index is 6.36. The van der Waals surface area contributed by atoms with Crippen LogP contribution in [-0.4, -0.2) is 14.8 Å². The van der Waals surface area contributed by atoms with Crippen molar-refractivity contribution in [1.29, 1.82) is 0 Å². The molecule has 1 atom stereocenters. The Labute approximate surface area is 167 Å². The zero-order valence-corrected chi connectivity index (χ0v) is 16.5. The van der Waals surface area contributed by atoms with Gasteiger partial charge >= 0.3 is 0 Å². The van der Waals surface area contributed by atoms with Crippen LogP contribution in [0.25, 0.3) is 0 Å². The molecule has 0 N–H and O–H groups in total. The Balaban J connectivity index is 1.73. The molecule has 6 heteroatoms. The smallest absolute Gasteiger partial charge is 0.0945 e. The van der Waals surface area contributed by atoms with Crippen LogP contribution in [0.1, 0.15) is 12.0 Å². The van der Waals surface area contributed by atoms with Gasteiger partial charge in [-0.3, -0.25) is 0 Å². The largest absolute Gasteiger partial charge is 0.337 e. The Morgan fingerprint density at radius 2 is 1.76 bits per heavy atom. The molecular weight excluding hydrogens is 395 g/mol. The first-order valence-electron chi connectivity index (χ1n) is 7.92. The van der Waals surface area contributed by atoms with Crippen molar-refractivity contribution in [3.8, 4) is 0 Å². The summed E-state index contributed by atoms with van der Waals surface area (Å²) >= 11 is 20.2. The zero-order valence-electron chi connectivity index (χ0n) is 13.4. The Bertz CT molecular complexity index is 804. The van der Waals surface area contributed by atoms with Gasteiger partial charge in [-0.25, -0.2) is 4.98 Å². The van der Waals surface area contributed by atoms with Crippen LogP contribution in [0.4, 0.5) is 0 Å². The lowest BCUT2D eigenvalue weighted by atomic mass is 10.1.